The van der Waals surface area contributed by atoms with Gasteiger partial charge in [0, 0.05) is 31.9 Å². The summed E-state index contributed by atoms with van der Waals surface area (Å²) < 4.78 is 10.8. The summed E-state index contributed by atoms with van der Waals surface area (Å²) >= 11 is 11.9. The standard InChI is InChI=1S/C19H19Cl2N3O3/c20-13-8-15(18(21)22-9-13)19(25)23-14-3-5-24(6-4-14)10-12-1-2-16-17(7-12)27-11-26-16/h1-2,7-9,14H,3-6,10-11H2,(H,23,25). The zero-order valence-corrected chi connectivity index (χ0v) is 16.1. The highest BCUT2D eigenvalue weighted by molar-refractivity contribution is 6.34. The number of halogens is 2. The first-order chi connectivity index (χ1) is 13.1. The number of hydrogen-bond acceptors (Lipinski definition) is 5. The average Bonchev–Trinajstić information content (AvgIpc) is 3.13. The number of aromatic nitrogens is 1. The molecular weight excluding hydrogens is 389 g/mol. The molecule has 0 saturated carbocycles. The van der Waals surface area contributed by atoms with Gasteiger partial charge in [0.05, 0.1) is 10.6 Å². The van der Waals surface area contributed by atoms with Crippen LogP contribution in [0.5, 0.6) is 11.5 Å². The van der Waals surface area contributed by atoms with E-state index in [0.29, 0.717) is 10.6 Å². The quantitative estimate of drug-likeness (QED) is 0.785. The Hall–Kier alpha value is -2.02. The second-order valence-electron chi connectivity index (χ2n) is 6.70. The van der Waals surface area contributed by atoms with E-state index < -0.39 is 0 Å². The van der Waals surface area contributed by atoms with Crippen LogP contribution in [0.3, 0.4) is 0 Å². The van der Waals surface area contributed by atoms with Crippen molar-refractivity contribution >= 4 is 29.1 Å². The van der Waals surface area contributed by atoms with E-state index in [-0.39, 0.29) is 23.9 Å². The van der Waals surface area contributed by atoms with E-state index in [4.69, 9.17) is 32.7 Å². The lowest BCUT2D eigenvalue weighted by Gasteiger charge is -2.32. The third kappa shape index (κ3) is 4.29. The zero-order chi connectivity index (χ0) is 18.8. The number of rotatable bonds is 4. The van der Waals surface area contributed by atoms with Crippen molar-refractivity contribution in [2.75, 3.05) is 19.9 Å². The van der Waals surface area contributed by atoms with E-state index in [1.165, 1.54) is 11.8 Å². The highest BCUT2D eigenvalue weighted by atomic mass is 35.5. The highest BCUT2D eigenvalue weighted by Crippen LogP contribution is 2.33. The molecule has 3 heterocycles. The largest absolute Gasteiger partial charge is 0.454 e. The van der Waals surface area contributed by atoms with Gasteiger partial charge in [-0.2, -0.15) is 0 Å². The van der Waals surface area contributed by atoms with Crippen LogP contribution >= 0.6 is 23.2 Å². The Morgan fingerprint density at radius 3 is 2.78 bits per heavy atom. The van der Waals surface area contributed by atoms with E-state index in [1.54, 1.807) is 6.07 Å². The van der Waals surface area contributed by atoms with Gasteiger partial charge in [0.1, 0.15) is 5.15 Å². The molecule has 0 unspecified atom stereocenters. The minimum Gasteiger partial charge on any atom is -0.454 e. The molecule has 1 amide bonds. The number of nitrogens with one attached hydrogen (secondary N) is 1. The lowest BCUT2D eigenvalue weighted by molar-refractivity contribution is 0.0908. The third-order valence-corrected chi connectivity index (χ3v) is 5.32. The van der Waals surface area contributed by atoms with Gasteiger partial charge in [-0.25, -0.2) is 4.98 Å². The molecular formula is C19H19Cl2N3O3. The van der Waals surface area contributed by atoms with Gasteiger partial charge >= 0.3 is 0 Å². The van der Waals surface area contributed by atoms with Crippen LogP contribution in [0.2, 0.25) is 10.2 Å². The Labute approximate surface area is 167 Å². The maximum absolute atomic E-state index is 12.4. The fourth-order valence-corrected chi connectivity index (χ4v) is 3.72. The number of benzene rings is 1. The highest BCUT2D eigenvalue weighted by Gasteiger charge is 2.23. The molecule has 6 nitrogen and oxygen atoms in total. The van der Waals surface area contributed by atoms with Gasteiger partial charge in [0.25, 0.3) is 5.91 Å². The molecule has 1 aromatic heterocycles. The summed E-state index contributed by atoms with van der Waals surface area (Å²) in [6, 6.07) is 7.70. The Kier molecular flexibility index (Phi) is 5.38. The smallest absolute Gasteiger partial charge is 0.254 e. The molecule has 2 aliphatic rings. The molecule has 1 saturated heterocycles. The van der Waals surface area contributed by atoms with Crippen LogP contribution in [-0.4, -0.2) is 41.7 Å². The number of hydrogen-bond donors (Lipinski definition) is 1. The van der Waals surface area contributed by atoms with Gasteiger partial charge in [-0.3, -0.25) is 9.69 Å². The zero-order valence-electron chi connectivity index (χ0n) is 14.6. The van der Waals surface area contributed by atoms with Gasteiger partial charge in [-0.15, -0.1) is 0 Å². The molecule has 142 valence electrons. The first-order valence-corrected chi connectivity index (χ1v) is 9.57. The van der Waals surface area contributed by atoms with Crippen molar-refractivity contribution in [2.24, 2.45) is 0 Å². The number of nitrogens with zero attached hydrogens (tertiary/aromatic N) is 2. The van der Waals surface area contributed by atoms with Crippen LogP contribution in [0, 0.1) is 0 Å². The Balaban J connectivity index is 1.30. The minimum absolute atomic E-state index is 0.112. The number of likely N-dealkylation sites (tertiary alicyclic amines) is 1. The van der Waals surface area contributed by atoms with Gasteiger partial charge in [0.2, 0.25) is 6.79 Å². The molecule has 1 N–H and O–H groups in total. The fourth-order valence-electron chi connectivity index (χ4n) is 3.38. The molecule has 0 bridgehead atoms. The number of pyridine rings is 1. The van der Waals surface area contributed by atoms with E-state index in [0.717, 1.165) is 44.0 Å². The van der Waals surface area contributed by atoms with Crippen LogP contribution in [0.15, 0.2) is 30.5 Å². The van der Waals surface area contributed by atoms with E-state index in [9.17, 15) is 4.79 Å². The Morgan fingerprint density at radius 2 is 1.96 bits per heavy atom. The first kappa shape index (κ1) is 18.3. The molecule has 0 atom stereocenters. The van der Waals surface area contributed by atoms with E-state index in [1.807, 2.05) is 12.1 Å². The molecule has 2 aromatic rings. The first-order valence-electron chi connectivity index (χ1n) is 8.81. The van der Waals surface area contributed by atoms with Crippen molar-refractivity contribution in [1.29, 1.82) is 0 Å². The monoisotopic (exact) mass is 407 g/mol. The molecule has 2 aliphatic heterocycles. The van der Waals surface area contributed by atoms with Crippen molar-refractivity contribution in [3.8, 4) is 11.5 Å². The third-order valence-electron chi connectivity index (χ3n) is 4.82. The summed E-state index contributed by atoms with van der Waals surface area (Å²) in [7, 11) is 0. The number of piperidine rings is 1. The predicted octanol–water partition coefficient (Wildman–Crippen LogP) is 3.51. The average molecular weight is 408 g/mol. The van der Waals surface area contributed by atoms with Crippen LogP contribution < -0.4 is 14.8 Å². The maximum Gasteiger partial charge on any atom is 0.254 e. The second-order valence-corrected chi connectivity index (χ2v) is 7.50. The van der Waals surface area contributed by atoms with Crippen molar-refractivity contribution in [3.05, 3.63) is 51.8 Å². The molecule has 27 heavy (non-hydrogen) atoms. The Bertz CT molecular complexity index is 854. The number of fused-ring (bicyclic) bond motifs is 1. The molecule has 0 radical (unpaired) electrons. The molecule has 0 spiro atoms. The summed E-state index contributed by atoms with van der Waals surface area (Å²) in [5, 5.41) is 3.59. The van der Waals surface area contributed by atoms with Crippen LogP contribution in [0.25, 0.3) is 0 Å². The van der Waals surface area contributed by atoms with Crippen LogP contribution in [0.4, 0.5) is 0 Å². The predicted molar refractivity (Wildman–Crippen MR) is 103 cm³/mol. The summed E-state index contributed by atoms with van der Waals surface area (Å²) in [5.41, 5.74) is 1.51. The van der Waals surface area contributed by atoms with Gasteiger partial charge in [-0.1, -0.05) is 29.3 Å². The summed E-state index contributed by atoms with van der Waals surface area (Å²) in [4.78, 5) is 18.7. The van der Waals surface area contributed by atoms with Gasteiger partial charge in [-0.05, 0) is 36.6 Å². The molecule has 1 fully saturated rings. The maximum atomic E-state index is 12.4. The van der Waals surface area contributed by atoms with Crippen molar-refractivity contribution < 1.29 is 14.3 Å². The lowest BCUT2D eigenvalue weighted by Crippen LogP contribution is -2.44. The summed E-state index contributed by atoms with van der Waals surface area (Å²) in [6.07, 6.45) is 3.18. The molecule has 4 rings (SSSR count). The topological polar surface area (TPSA) is 63.7 Å². The summed E-state index contributed by atoms with van der Waals surface area (Å²) in [6.45, 7) is 2.94. The number of carbonyl (C=O) groups is 1. The molecule has 0 aliphatic carbocycles. The molecule has 8 heteroatoms. The Morgan fingerprint density at radius 1 is 1.19 bits per heavy atom. The van der Waals surface area contributed by atoms with Crippen LogP contribution in [0.1, 0.15) is 28.8 Å². The normalized spacial score (nSPS) is 17.1. The minimum atomic E-state index is -0.232. The SMILES string of the molecule is O=C(NC1CCN(Cc2ccc3c(c2)OCO3)CC1)c1cc(Cl)cnc1Cl. The van der Waals surface area contributed by atoms with Crippen molar-refractivity contribution in [3.63, 3.8) is 0 Å². The van der Waals surface area contributed by atoms with Crippen molar-refractivity contribution in [1.82, 2.24) is 15.2 Å². The second kappa shape index (κ2) is 7.92. The van der Waals surface area contributed by atoms with E-state index in [2.05, 4.69) is 21.3 Å². The number of ether oxygens (including phenoxy) is 2. The number of amides is 1. The van der Waals surface area contributed by atoms with Crippen molar-refractivity contribution in [2.45, 2.75) is 25.4 Å². The van der Waals surface area contributed by atoms with Crippen LogP contribution in [-0.2, 0) is 6.54 Å². The van der Waals surface area contributed by atoms with Gasteiger partial charge < -0.3 is 14.8 Å². The summed E-state index contributed by atoms with van der Waals surface area (Å²) in [5.74, 6) is 1.38. The lowest BCUT2D eigenvalue weighted by atomic mass is 10.0. The fraction of sp³-hybridized carbons (Fsp3) is 0.368. The molecule has 1 aromatic carbocycles. The number of carbonyl (C=O) groups excluding carboxylic acids is 1. The van der Waals surface area contributed by atoms with E-state index >= 15 is 0 Å². The van der Waals surface area contributed by atoms with Gasteiger partial charge in [0.15, 0.2) is 11.5 Å².